The predicted molar refractivity (Wildman–Crippen MR) is 128 cm³/mol. The minimum Gasteiger partial charge on any atom is -0.458 e. The Kier molecular flexibility index (Phi) is 10.5. The van der Waals surface area contributed by atoms with Crippen molar-refractivity contribution < 1.29 is 19.1 Å². The Balaban J connectivity index is 3.19. The highest BCUT2D eigenvalue weighted by Gasteiger charge is 2.33. The molecule has 0 amide bonds. The quantitative estimate of drug-likeness (QED) is 0.339. The minimum absolute atomic E-state index is 0.0862. The van der Waals surface area contributed by atoms with Gasteiger partial charge in [0.05, 0.1) is 16.1 Å². The predicted octanol–water partition coefficient (Wildman–Crippen LogP) is 7.86. The van der Waals surface area contributed by atoms with E-state index in [0.29, 0.717) is 0 Å². The number of hydrogen-bond acceptors (Lipinski definition) is 4. The molecule has 2 atom stereocenters. The number of rotatable bonds is 10. The van der Waals surface area contributed by atoms with Crippen LogP contribution in [0, 0.1) is 10.8 Å². The van der Waals surface area contributed by atoms with Crippen molar-refractivity contribution in [1.29, 1.82) is 0 Å². The van der Waals surface area contributed by atoms with Crippen molar-refractivity contribution in [3.8, 4) is 0 Å². The normalized spacial score (nSPS) is 14.1. The molecule has 1 rings (SSSR count). The third-order valence-electron chi connectivity index (χ3n) is 5.51. The van der Waals surface area contributed by atoms with Crippen LogP contribution in [0.2, 0.25) is 5.02 Å². The second-order valence-corrected chi connectivity index (χ2v) is 10.9. The van der Waals surface area contributed by atoms with Gasteiger partial charge in [-0.2, -0.15) is 0 Å². The van der Waals surface area contributed by atoms with Crippen LogP contribution in [0.15, 0.2) is 18.2 Å². The third kappa shape index (κ3) is 8.48. The summed E-state index contributed by atoms with van der Waals surface area (Å²) in [6.45, 7) is 16.5. The molecule has 31 heavy (non-hydrogen) atoms. The lowest BCUT2D eigenvalue weighted by Crippen LogP contribution is -2.33. The van der Waals surface area contributed by atoms with Crippen LogP contribution in [0.4, 0.5) is 0 Å². The number of esters is 2. The van der Waals surface area contributed by atoms with E-state index in [1.165, 1.54) is 0 Å². The molecule has 1 aromatic rings. The molecule has 1 aromatic carbocycles. The molecule has 0 N–H and O–H groups in total. The van der Waals surface area contributed by atoms with Crippen LogP contribution in [0.3, 0.4) is 0 Å². The Hall–Kier alpha value is -1.55. The highest BCUT2D eigenvalue weighted by Crippen LogP contribution is 2.31. The highest BCUT2D eigenvalue weighted by molar-refractivity contribution is 6.34. The summed E-state index contributed by atoms with van der Waals surface area (Å²) in [5, 5.41) is 0.198. The lowest BCUT2D eigenvalue weighted by Gasteiger charge is -2.31. The first-order valence-corrected chi connectivity index (χ1v) is 11.9. The average molecular weight is 453 g/mol. The van der Waals surface area contributed by atoms with Crippen molar-refractivity contribution in [1.82, 2.24) is 0 Å². The molecule has 0 saturated carbocycles. The first-order chi connectivity index (χ1) is 14.3. The monoisotopic (exact) mass is 452 g/mol. The molecule has 0 aliphatic rings. The van der Waals surface area contributed by atoms with E-state index in [9.17, 15) is 9.59 Å². The van der Waals surface area contributed by atoms with Gasteiger partial charge in [0.15, 0.2) is 0 Å². The Morgan fingerprint density at radius 1 is 0.839 bits per heavy atom. The van der Waals surface area contributed by atoms with E-state index in [-0.39, 0.29) is 39.2 Å². The molecule has 2 unspecified atom stereocenters. The number of unbranched alkanes of at least 4 members (excludes halogenated alkanes) is 2. The lowest BCUT2D eigenvalue weighted by atomic mass is 9.86. The van der Waals surface area contributed by atoms with Gasteiger partial charge in [-0.05, 0) is 35.8 Å². The summed E-state index contributed by atoms with van der Waals surface area (Å²) in [6, 6.07) is 4.85. The topological polar surface area (TPSA) is 52.6 Å². The maximum atomic E-state index is 13.2. The summed E-state index contributed by atoms with van der Waals surface area (Å²) in [4.78, 5) is 26.3. The molecular weight excluding hydrogens is 412 g/mol. The van der Waals surface area contributed by atoms with Gasteiger partial charge in [0.2, 0.25) is 0 Å². The fraction of sp³-hybridized carbons (Fsp3) is 0.692. The van der Waals surface area contributed by atoms with E-state index < -0.39 is 11.9 Å². The van der Waals surface area contributed by atoms with Gasteiger partial charge in [0.1, 0.15) is 12.2 Å². The second kappa shape index (κ2) is 11.9. The number of benzene rings is 1. The Labute approximate surface area is 194 Å². The zero-order valence-electron chi connectivity index (χ0n) is 20.6. The van der Waals surface area contributed by atoms with E-state index in [4.69, 9.17) is 21.1 Å². The number of carbonyl (C=O) groups excluding carboxylic acids is 2. The zero-order valence-corrected chi connectivity index (χ0v) is 21.4. The van der Waals surface area contributed by atoms with Gasteiger partial charge in [0, 0.05) is 0 Å². The molecule has 0 aliphatic carbocycles. The molecule has 0 fully saturated rings. The number of hydrogen-bond donors (Lipinski definition) is 0. The Morgan fingerprint density at radius 2 is 1.29 bits per heavy atom. The van der Waals surface area contributed by atoms with Gasteiger partial charge in [-0.3, -0.25) is 0 Å². The SMILES string of the molecule is CCCCC(OC(=O)c1cccc(Cl)c1C(=O)OC(CCCC)C(C)(C)C)C(C)(C)C. The molecule has 0 aliphatic heterocycles. The van der Waals surface area contributed by atoms with Crippen molar-refractivity contribution in [2.24, 2.45) is 10.8 Å². The van der Waals surface area contributed by atoms with E-state index in [2.05, 4.69) is 34.6 Å². The summed E-state index contributed by atoms with van der Waals surface area (Å²) in [5.41, 5.74) is -0.180. The zero-order chi connectivity index (χ0) is 23.8. The first kappa shape index (κ1) is 27.5. The lowest BCUT2D eigenvalue weighted by molar-refractivity contribution is -0.0105. The first-order valence-electron chi connectivity index (χ1n) is 11.5. The van der Waals surface area contributed by atoms with E-state index >= 15 is 0 Å². The van der Waals surface area contributed by atoms with Crippen molar-refractivity contribution >= 4 is 23.5 Å². The van der Waals surface area contributed by atoms with E-state index in [0.717, 1.165) is 38.5 Å². The van der Waals surface area contributed by atoms with Gasteiger partial charge >= 0.3 is 11.9 Å². The molecule has 0 radical (unpaired) electrons. The van der Waals surface area contributed by atoms with Crippen molar-refractivity contribution in [2.75, 3.05) is 0 Å². The molecule has 176 valence electrons. The average Bonchev–Trinajstić information content (AvgIpc) is 2.65. The van der Waals surface area contributed by atoms with Gasteiger partial charge in [-0.1, -0.05) is 98.7 Å². The molecule has 0 saturated heterocycles. The van der Waals surface area contributed by atoms with Crippen LogP contribution >= 0.6 is 11.6 Å². The smallest absolute Gasteiger partial charge is 0.340 e. The number of ether oxygens (including phenoxy) is 2. The van der Waals surface area contributed by atoms with Crippen molar-refractivity contribution in [2.45, 2.75) is 106 Å². The number of halogens is 1. The van der Waals surface area contributed by atoms with Crippen LogP contribution in [0.25, 0.3) is 0 Å². The van der Waals surface area contributed by atoms with E-state index in [1.807, 2.05) is 20.8 Å². The molecule has 5 heteroatoms. The van der Waals surface area contributed by atoms with Crippen molar-refractivity contribution in [3.05, 3.63) is 34.3 Å². The fourth-order valence-corrected chi connectivity index (χ4v) is 3.65. The molecule has 0 bridgehead atoms. The van der Waals surface area contributed by atoms with Gasteiger partial charge in [-0.25, -0.2) is 9.59 Å². The van der Waals surface area contributed by atoms with Crippen LogP contribution < -0.4 is 0 Å². The summed E-state index contributed by atoms with van der Waals surface area (Å²) in [7, 11) is 0. The standard InChI is InChI=1S/C26H41ClO4/c1-9-11-16-20(25(3,4)5)30-23(28)18-14-13-15-19(27)22(18)24(29)31-21(17-12-10-2)26(6,7)8/h13-15,20-21H,9-12,16-17H2,1-8H3. The summed E-state index contributed by atoms with van der Waals surface area (Å²) in [5.74, 6) is -1.11. The van der Waals surface area contributed by atoms with E-state index in [1.54, 1.807) is 18.2 Å². The summed E-state index contributed by atoms with van der Waals surface area (Å²) >= 11 is 6.37. The van der Waals surface area contributed by atoms with Crippen LogP contribution in [-0.4, -0.2) is 24.1 Å². The van der Waals surface area contributed by atoms with Crippen molar-refractivity contribution in [3.63, 3.8) is 0 Å². The summed E-state index contributed by atoms with van der Waals surface area (Å²) in [6.07, 6.45) is 4.96. The molecule has 0 heterocycles. The summed E-state index contributed by atoms with van der Waals surface area (Å²) < 4.78 is 11.8. The van der Waals surface area contributed by atoms with Gasteiger partial charge < -0.3 is 9.47 Å². The molecule has 0 aromatic heterocycles. The van der Waals surface area contributed by atoms with Crippen LogP contribution in [0.1, 0.15) is 115 Å². The largest absolute Gasteiger partial charge is 0.458 e. The third-order valence-corrected chi connectivity index (χ3v) is 5.82. The maximum absolute atomic E-state index is 13.2. The molecule has 4 nitrogen and oxygen atoms in total. The highest BCUT2D eigenvalue weighted by atomic mass is 35.5. The molecule has 0 spiro atoms. The second-order valence-electron chi connectivity index (χ2n) is 10.5. The van der Waals surface area contributed by atoms with Gasteiger partial charge in [-0.15, -0.1) is 0 Å². The van der Waals surface area contributed by atoms with Crippen LogP contribution in [-0.2, 0) is 9.47 Å². The Bertz CT molecular complexity index is 728. The van der Waals surface area contributed by atoms with Gasteiger partial charge in [0.25, 0.3) is 0 Å². The minimum atomic E-state index is -0.575. The molecular formula is C26H41ClO4. The fourth-order valence-electron chi connectivity index (χ4n) is 3.40. The Morgan fingerprint density at radius 3 is 1.71 bits per heavy atom. The number of carbonyl (C=O) groups is 2. The maximum Gasteiger partial charge on any atom is 0.340 e. The van der Waals surface area contributed by atoms with Crippen LogP contribution in [0.5, 0.6) is 0 Å².